The largest absolute Gasteiger partial charge is 0.395 e. The summed E-state index contributed by atoms with van der Waals surface area (Å²) in [6.45, 7) is 1.08. The Labute approximate surface area is 170 Å². The number of nitrogens with zero attached hydrogens (tertiary/aromatic N) is 1. The first-order valence-corrected chi connectivity index (χ1v) is 9.45. The molecular weight excluding hydrogens is 408 g/mol. The molecule has 29 heavy (non-hydrogen) atoms. The summed E-state index contributed by atoms with van der Waals surface area (Å²) in [6, 6.07) is 8.70. The molecule has 0 saturated carbocycles. The fraction of sp³-hybridized carbons (Fsp3) is 0.333. The first-order chi connectivity index (χ1) is 13.6. The molecule has 1 aliphatic carbocycles. The van der Waals surface area contributed by atoms with Gasteiger partial charge in [-0.3, -0.25) is 9.78 Å². The lowest BCUT2D eigenvalue weighted by Gasteiger charge is -2.28. The Morgan fingerprint density at radius 1 is 1.24 bits per heavy atom. The number of hydrogen-bond donors (Lipinski definition) is 1. The van der Waals surface area contributed by atoms with Crippen molar-refractivity contribution in [3.8, 4) is 0 Å². The Morgan fingerprint density at radius 3 is 2.48 bits per heavy atom. The monoisotopic (exact) mass is 426 g/mol. The Hall–Kier alpha value is -2.41. The summed E-state index contributed by atoms with van der Waals surface area (Å²) in [4.78, 5) is 16.5. The van der Waals surface area contributed by atoms with Crippen LogP contribution in [0.2, 0.25) is 5.02 Å². The third kappa shape index (κ3) is 4.78. The van der Waals surface area contributed by atoms with E-state index in [4.69, 9.17) is 11.6 Å². The fourth-order valence-electron chi connectivity index (χ4n) is 3.21. The number of benzene rings is 1. The number of hydrogen-bond acceptors (Lipinski definition) is 2. The lowest BCUT2D eigenvalue weighted by atomic mass is 9.84. The van der Waals surface area contributed by atoms with E-state index in [9.17, 15) is 18.0 Å². The minimum atomic E-state index is -4.33. The molecule has 8 heteroatoms. The van der Waals surface area contributed by atoms with Crippen LogP contribution in [0.3, 0.4) is 0 Å². The molecule has 3 rings (SSSR count). The van der Waals surface area contributed by atoms with Gasteiger partial charge in [-0.1, -0.05) is 29.8 Å². The van der Waals surface area contributed by atoms with E-state index in [2.05, 4.69) is 10.3 Å². The summed E-state index contributed by atoms with van der Waals surface area (Å²) in [5.41, 5.74) is -0.678. The van der Waals surface area contributed by atoms with Crippen LogP contribution in [0.25, 0.3) is 0 Å². The molecule has 0 saturated heterocycles. The molecule has 1 aliphatic rings. The van der Waals surface area contributed by atoms with E-state index in [1.54, 1.807) is 12.1 Å². The van der Waals surface area contributed by atoms with Crippen molar-refractivity contribution in [1.82, 2.24) is 4.98 Å². The number of halogens is 5. The van der Waals surface area contributed by atoms with Crippen LogP contribution < -0.4 is 5.32 Å². The van der Waals surface area contributed by atoms with Crippen molar-refractivity contribution in [2.75, 3.05) is 5.32 Å². The van der Waals surface area contributed by atoms with E-state index >= 15 is 4.39 Å². The van der Waals surface area contributed by atoms with Crippen molar-refractivity contribution >= 4 is 23.2 Å². The van der Waals surface area contributed by atoms with Crippen LogP contribution >= 0.6 is 11.6 Å². The highest BCUT2D eigenvalue weighted by Crippen LogP contribution is 2.42. The number of rotatable bonds is 4. The van der Waals surface area contributed by atoms with Crippen molar-refractivity contribution in [3.63, 3.8) is 0 Å². The van der Waals surface area contributed by atoms with Gasteiger partial charge in [0.1, 0.15) is 0 Å². The van der Waals surface area contributed by atoms with Gasteiger partial charge in [0.05, 0.1) is 16.6 Å². The molecule has 2 aromatic rings. The molecule has 0 fully saturated rings. The Balaban J connectivity index is 1.66. The molecule has 1 aromatic carbocycles. The highest BCUT2D eigenvalue weighted by Gasteiger charge is 2.38. The van der Waals surface area contributed by atoms with Crippen LogP contribution in [0.4, 0.5) is 23.2 Å². The molecule has 0 radical (unpaired) electrons. The van der Waals surface area contributed by atoms with Gasteiger partial charge in [0.25, 0.3) is 5.91 Å². The SMILES string of the molecule is CC(c1ccc(NC(=O)C2=CCC(F)(c3ncccc3Cl)CC2)cc1)C(F)(F)F. The number of carbonyl (C=O) groups is 1. The zero-order valence-electron chi connectivity index (χ0n) is 15.6. The second-order valence-corrected chi connectivity index (χ2v) is 7.48. The zero-order chi connectivity index (χ0) is 21.2. The Morgan fingerprint density at radius 2 is 1.93 bits per heavy atom. The maximum atomic E-state index is 15.2. The van der Waals surface area contributed by atoms with Crippen molar-refractivity contribution in [2.45, 2.75) is 43.9 Å². The number of amides is 1. The molecule has 1 N–H and O–H groups in total. The fourth-order valence-corrected chi connectivity index (χ4v) is 3.50. The van der Waals surface area contributed by atoms with Crippen molar-refractivity contribution in [1.29, 1.82) is 0 Å². The van der Waals surface area contributed by atoms with E-state index < -0.39 is 23.7 Å². The predicted molar refractivity (Wildman–Crippen MR) is 104 cm³/mol. The van der Waals surface area contributed by atoms with E-state index in [0.717, 1.165) is 6.92 Å². The summed E-state index contributed by atoms with van der Waals surface area (Å²) < 4.78 is 53.6. The average molecular weight is 427 g/mol. The van der Waals surface area contributed by atoms with Gasteiger partial charge >= 0.3 is 6.18 Å². The third-order valence-electron chi connectivity index (χ3n) is 5.10. The van der Waals surface area contributed by atoms with Crippen LogP contribution in [-0.4, -0.2) is 17.1 Å². The minimum absolute atomic E-state index is 0.0332. The summed E-state index contributed by atoms with van der Waals surface area (Å²) in [5.74, 6) is -2.00. The number of nitrogens with one attached hydrogen (secondary N) is 1. The van der Waals surface area contributed by atoms with E-state index in [0.29, 0.717) is 11.3 Å². The lowest BCUT2D eigenvalue weighted by molar-refractivity contribution is -0.146. The number of carbonyl (C=O) groups excluding carboxylic acids is 1. The summed E-state index contributed by atoms with van der Waals surface area (Å²) in [7, 11) is 0. The molecule has 154 valence electrons. The summed E-state index contributed by atoms with van der Waals surface area (Å²) >= 11 is 6.04. The van der Waals surface area contributed by atoms with Crippen LogP contribution in [-0.2, 0) is 10.5 Å². The van der Waals surface area contributed by atoms with E-state index in [1.165, 1.54) is 36.5 Å². The third-order valence-corrected chi connectivity index (χ3v) is 5.40. The van der Waals surface area contributed by atoms with Crippen molar-refractivity contribution in [2.24, 2.45) is 0 Å². The van der Waals surface area contributed by atoms with E-state index in [1.807, 2.05) is 0 Å². The molecule has 1 aromatic heterocycles. The minimum Gasteiger partial charge on any atom is -0.322 e. The Kier molecular flexibility index (Phi) is 5.98. The molecular formula is C21H19ClF4N2O. The van der Waals surface area contributed by atoms with Crippen LogP contribution in [0, 0.1) is 0 Å². The van der Waals surface area contributed by atoms with Crippen LogP contribution in [0.15, 0.2) is 54.2 Å². The van der Waals surface area contributed by atoms with Crippen LogP contribution in [0.1, 0.15) is 43.4 Å². The summed E-state index contributed by atoms with van der Waals surface area (Å²) in [6.07, 6.45) is -1.12. The molecule has 3 nitrogen and oxygen atoms in total. The molecule has 2 unspecified atom stereocenters. The quantitative estimate of drug-likeness (QED) is 0.582. The van der Waals surface area contributed by atoms with E-state index in [-0.39, 0.29) is 35.5 Å². The highest BCUT2D eigenvalue weighted by atomic mass is 35.5. The predicted octanol–water partition coefficient (Wildman–Crippen LogP) is 6.31. The molecule has 2 atom stereocenters. The Bertz CT molecular complexity index is 927. The molecule has 0 spiro atoms. The number of alkyl halides is 4. The van der Waals surface area contributed by atoms with Gasteiger partial charge in [0.2, 0.25) is 0 Å². The van der Waals surface area contributed by atoms with Gasteiger partial charge in [-0.15, -0.1) is 0 Å². The number of allylic oxidation sites excluding steroid dienone is 1. The maximum absolute atomic E-state index is 15.2. The van der Waals surface area contributed by atoms with Gasteiger partial charge in [0, 0.05) is 23.9 Å². The first-order valence-electron chi connectivity index (χ1n) is 9.07. The standard InChI is InChI=1S/C21H19ClF4N2O/c1-13(21(24,25)26)14-4-6-16(7-5-14)28-19(29)15-8-10-20(23,11-9-15)18-17(22)3-2-12-27-18/h2-8,12-13H,9-11H2,1H3,(H,28,29). The second kappa shape index (κ2) is 8.14. The average Bonchev–Trinajstić information content (AvgIpc) is 2.68. The molecule has 0 aliphatic heterocycles. The van der Waals surface area contributed by atoms with Crippen LogP contribution in [0.5, 0.6) is 0 Å². The van der Waals surface area contributed by atoms with Gasteiger partial charge < -0.3 is 5.32 Å². The smallest absolute Gasteiger partial charge is 0.322 e. The number of pyridine rings is 1. The topological polar surface area (TPSA) is 42.0 Å². The molecule has 0 bridgehead atoms. The molecule has 1 heterocycles. The maximum Gasteiger partial charge on any atom is 0.395 e. The summed E-state index contributed by atoms with van der Waals surface area (Å²) in [5, 5.41) is 2.88. The zero-order valence-corrected chi connectivity index (χ0v) is 16.3. The van der Waals surface area contributed by atoms with Gasteiger partial charge in [-0.2, -0.15) is 13.2 Å². The number of anilines is 1. The first kappa shape index (κ1) is 21.3. The normalized spacial score (nSPS) is 20.7. The van der Waals surface area contributed by atoms with Gasteiger partial charge in [0.15, 0.2) is 5.67 Å². The number of aromatic nitrogens is 1. The van der Waals surface area contributed by atoms with Gasteiger partial charge in [-0.05, 0) is 49.6 Å². The van der Waals surface area contributed by atoms with Gasteiger partial charge in [-0.25, -0.2) is 4.39 Å². The van der Waals surface area contributed by atoms with Crippen molar-refractivity contribution in [3.05, 3.63) is 70.5 Å². The second-order valence-electron chi connectivity index (χ2n) is 7.07. The van der Waals surface area contributed by atoms with Crippen molar-refractivity contribution < 1.29 is 22.4 Å². The highest BCUT2D eigenvalue weighted by molar-refractivity contribution is 6.31. The molecule has 1 amide bonds. The lowest BCUT2D eigenvalue weighted by Crippen LogP contribution is -2.27.